The predicted octanol–water partition coefficient (Wildman–Crippen LogP) is 12.3. The second kappa shape index (κ2) is 27.2. The van der Waals surface area contributed by atoms with Crippen LogP contribution < -0.4 is 15.6 Å². The monoisotopic (exact) mass is 1010 g/mol. The third kappa shape index (κ3) is 16.4. The zero-order chi connectivity index (χ0) is 47.6. The molecule has 0 amide bonds. The minimum absolute atomic E-state index is 0. The summed E-state index contributed by atoms with van der Waals surface area (Å²) in [6.45, 7) is 32.5. The normalized spacial score (nSPS) is 23.5. The van der Waals surface area contributed by atoms with Gasteiger partial charge in [0, 0.05) is 37.9 Å². The van der Waals surface area contributed by atoms with Gasteiger partial charge in [0.15, 0.2) is 16.6 Å². The zero-order valence-corrected chi connectivity index (χ0v) is 45.3. The molecule has 66 heavy (non-hydrogen) atoms. The molecule has 0 aromatic heterocycles. The highest BCUT2D eigenvalue weighted by molar-refractivity contribution is 7.07. The lowest BCUT2D eigenvalue weighted by atomic mass is 9.85. The number of aliphatic hydroxyl groups excluding tert-OH is 1. The van der Waals surface area contributed by atoms with Gasteiger partial charge in [-0.25, -0.2) is 0 Å². The van der Waals surface area contributed by atoms with Crippen LogP contribution in [0.4, 0.5) is 0 Å². The smallest absolute Gasteiger partial charge is 0.311 e. The van der Waals surface area contributed by atoms with Gasteiger partial charge in [-0.15, -0.1) is 23.2 Å². The molecule has 3 aromatic carbocycles. The van der Waals surface area contributed by atoms with Crippen LogP contribution in [-0.4, -0.2) is 84.5 Å². The van der Waals surface area contributed by atoms with E-state index in [-0.39, 0.29) is 104 Å². The molecular formula is C53H90Cl2O8Si3. The van der Waals surface area contributed by atoms with Crippen LogP contribution in [0.5, 0.6) is 0 Å². The largest absolute Gasteiger partial charge is 0.462 e. The van der Waals surface area contributed by atoms with Crippen molar-refractivity contribution in [3.63, 3.8) is 0 Å². The molecule has 5 rings (SSSR count). The Morgan fingerprint density at radius 1 is 0.591 bits per heavy atom. The molecule has 0 radical (unpaired) electrons. The quantitative estimate of drug-likeness (QED) is 0.0782. The Morgan fingerprint density at radius 3 is 1.15 bits per heavy atom. The van der Waals surface area contributed by atoms with E-state index in [1.165, 1.54) is 15.6 Å². The zero-order valence-electron chi connectivity index (χ0n) is 40.7. The number of hydrogen-bond donors (Lipinski definition) is 1. The first kappa shape index (κ1) is 63.7. The van der Waals surface area contributed by atoms with E-state index < -0.39 is 25.0 Å². The summed E-state index contributed by atoms with van der Waals surface area (Å²) in [7, 11) is -6.79. The summed E-state index contributed by atoms with van der Waals surface area (Å²) in [6, 6.07) is 31.7. The lowest BCUT2D eigenvalue weighted by molar-refractivity contribution is -0.178. The van der Waals surface area contributed by atoms with Crippen LogP contribution in [0.15, 0.2) is 91.0 Å². The number of benzene rings is 3. The van der Waals surface area contributed by atoms with E-state index >= 15 is 0 Å². The van der Waals surface area contributed by atoms with Crippen molar-refractivity contribution in [1.82, 2.24) is 0 Å². The van der Waals surface area contributed by atoms with Crippen molar-refractivity contribution in [2.45, 2.75) is 177 Å². The van der Waals surface area contributed by atoms with E-state index in [0.717, 1.165) is 0 Å². The third-order valence-corrected chi connectivity index (χ3v) is 26.6. The first-order valence-corrected chi connectivity index (χ1v) is 31.3. The average Bonchev–Trinajstić information content (AvgIpc) is 3.21. The van der Waals surface area contributed by atoms with Crippen molar-refractivity contribution in [1.29, 1.82) is 0 Å². The molecule has 8 atom stereocenters. The van der Waals surface area contributed by atoms with Gasteiger partial charge in [0.2, 0.25) is 0 Å². The van der Waals surface area contributed by atoms with E-state index in [2.05, 4.69) is 154 Å². The van der Waals surface area contributed by atoms with Crippen molar-refractivity contribution in [3.05, 3.63) is 91.0 Å². The van der Waals surface area contributed by atoms with Gasteiger partial charge in [-0.2, -0.15) is 0 Å². The second-order valence-corrected chi connectivity index (χ2v) is 34.8. The molecule has 0 aliphatic carbocycles. The van der Waals surface area contributed by atoms with E-state index in [1.807, 2.05) is 32.0 Å². The number of rotatable bonds is 13. The highest BCUT2D eigenvalue weighted by Crippen LogP contribution is 2.43. The Morgan fingerprint density at radius 2 is 0.879 bits per heavy atom. The Bertz CT molecular complexity index is 1740. The fraction of sp³-hybridized carbons (Fsp3) is 0.623. The van der Waals surface area contributed by atoms with Gasteiger partial charge < -0.3 is 27.9 Å². The lowest BCUT2D eigenvalue weighted by Crippen LogP contribution is -2.69. The number of hydrogen-bond acceptors (Lipinski definition) is 8. The van der Waals surface area contributed by atoms with Crippen molar-refractivity contribution in [2.24, 2.45) is 23.7 Å². The van der Waals surface area contributed by atoms with Crippen LogP contribution in [-0.2, 0) is 32.3 Å². The number of ether oxygens (including phenoxy) is 2. The summed E-state index contributed by atoms with van der Waals surface area (Å²) >= 11 is 10.1. The second-order valence-electron chi connectivity index (χ2n) is 20.4. The highest BCUT2D eigenvalue weighted by Gasteiger charge is 2.50. The number of aliphatic hydroxyl groups is 1. The van der Waals surface area contributed by atoms with Gasteiger partial charge in [0.1, 0.15) is 17.0 Å². The van der Waals surface area contributed by atoms with Gasteiger partial charge >= 0.3 is 11.9 Å². The van der Waals surface area contributed by atoms with E-state index in [0.29, 0.717) is 19.4 Å². The summed E-state index contributed by atoms with van der Waals surface area (Å²) < 4.78 is 31.8. The van der Waals surface area contributed by atoms with Crippen LogP contribution >= 0.6 is 23.2 Å². The minimum Gasteiger partial charge on any atom is -0.462 e. The lowest BCUT2D eigenvalue weighted by Gasteiger charge is -2.46. The van der Waals surface area contributed by atoms with Crippen molar-refractivity contribution < 1.29 is 37.4 Å². The number of alkyl halides is 2. The number of esters is 2. The minimum atomic E-state index is -2.81. The molecule has 3 aromatic rings. The maximum Gasteiger partial charge on any atom is 0.311 e. The number of carbonyl (C=O) groups excluding carboxylic acids is 2. The van der Waals surface area contributed by atoms with Crippen LogP contribution in [0.1, 0.15) is 111 Å². The van der Waals surface area contributed by atoms with E-state index in [1.54, 1.807) is 6.92 Å². The Hall–Kier alpha value is -2.33. The number of cyclic esters (lactones) is 2. The number of halogens is 2. The molecule has 2 heterocycles. The molecule has 0 spiro atoms. The summed E-state index contributed by atoms with van der Waals surface area (Å²) in [4.78, 5) is 24.8. The van der Waals surface area contributed by atoms with E-state index in [9.17, 15) is 9.59 Å². The standard InChI is InChI=1S/C33H44O4Si2.C15H30O4Si.C2H4Cl2.3CH4/c1-25-30(36-32(34)26(2)31(25)37-38(6,7)33(3,4)5)23-24-35-39(27-17-11-8-12-18-27,28-19-13-9-14-20-28)29-21-15-10-16-22-29;1-10-12(8-9-16)18-14(17)11(2)13(10)19-20(6,7)15(3,4)5;1-2(3)4;;;/h8-22,25-26,30-31H,23-24H2,1-7H3;10-13,16H,8-9H2,1-7H3;2H,1H3;3*1H4/t25-,26+,30-,31+;10-,11+,12-,13+;;;;/m11..../s1. The molecule has 13 heteroatoms. The van der Waals surface area contributed by atoms with Crippen LogP contribution in [0.3, 0.4) is 0 Å². The third-order valence-electron chi connectivity index (χ3n) is 13.6. The van der Waals surface area contributed by atoms with Gasteiger partial charge in [0.25, 0.3) is 8.32 Å². The summed E-state index contributed by atoms with van der Waals surface area (Å²) in [6.07, 6.45) is 0.344. The fourth-order valence-corrected chi connectivity index (χ4v) is 14.5. The summed E-state index contributed by atoms with van der Waals surface area (Å²) in [5.74, 6) is -0.697. The predicted molar refractivity (Wildman–Crippen MR) is 288 cm³/mol. The first-order chi connectivity index (χ1) is 29.2. The highest BCUT2D eigenvalue weighted by atomic mass is 35.5. The van der Waals surface area contributed by atoms with Crippen LogP contribution in [0.25, 0.3) is 0 Å². The van der Waals surface area contributed by atoms with Crippen molar-refractivity contribution in [2.75, 3.05) is 13.2 Å². The maximum absolute atomic E-state index is 13.0. The van der Waals surface area contributed by atoms with Crippen LogP contribution in [0, 0.1) is 23.7 Å². The fourth-order valence-electron chi connectivity index (χ4n) is 7.65. The van der Waals surface area contributed by atoms with E-state index in [4.69, 9.17) is 51.1 Å². The summed E-state index contributed by atoms with van der Waals surface area (Å²) in [5.41, 5.74) is 0. The first-order valence-electron chi connectivity index (χ1n) is 22.7. The topological polar surface area (TPSA) is 101 Å². The SMILES string of the molecule is C.C.C.CC(Cl)Cl.C[C@H]1[C@H](O[Si](C)(C)C(C)(C)C)[C@H](C)C(=O)O[C@@H]1CCO.C[C@H]1[C@H](O[Si](C)(C)C(C)(C)C)[C@H](C)C(=O)O[C@@H]1CCO[Si](c1ccccc1)(c1ccccc1)c1ccccc1. The molecule has 8 nitrogen and oxygen atoms in total. The molecule has 2 saturated heterocycles. The van der Waals surface area contributed by atoms with Crippen LogP contribution in [0.2, 0.25) is 36.3 Å². The van der Waals surface area contributed by atoms with Crippen molar-refractivity contribution in [3.8, 4) is 0 Å². The average molecular weight is 1010 g/mol. The molecule has 376 valence electrons. The summed E-state index contributed by atoms with van der Waals surface area (Å²) in [5, 5.41) is 12.9. The van der Waals surface area contributed by atoms with Crippen molar-refractivity contribution >= 4 is 75.7 Å². The number of carbonyl (C=O) groups is 2. The molecule has 2 aliphatic rings. The van der Waals surface area contributed by atoms with Gasteiger partial charge in [-0.1, -0.05) is 169 Å². The molecule has 1 N–H and O–H groups in total. The van der Waals surface area contributed by atoms with Gasteiger partial charge in [-0.05, 0) is 72.6 Å². The molecule has 2 aliphatic heterocycles. The maximum atomic E-state index is 13.0. The molecule has 2 fully saturated rings. The Labute approximate surface area is 415 Å². The molecule has 0 bridgehead atoms. The molecule has 0 unspecified atom stereocenters. The molecular weight excluding hydrogens is 920 g/mol. The van der Waals surface area contributed by atoms with Gasteiger partial charge in [0.05, 0.1) is 24.0 Å². The Balaban J connectivity index is 0.00000133. The molecule has 0 saturated carbocycles. The Kier molecular flexibility index (Phi) is 26.2. The van der Waals surface area contributed by atoms with Gasteiger partial charge in [-0.3, -0.25) is 9.59 Å².